The van der Waals surface area contributed by atoms with Gasteiger partial charge in [0.25, 0.3) is 0 Å². The van der Waals surface area contributed by atoms with E-state index in [1.165, 1.54) is 24.3 Å². The molecule has 0 aliphatic carbocycles. The van der Waals surface area contributed by atoms with Crippen LogP contribution in [0.2, 0.25) is 0 Å². The van der Waals surface area contributed by atoms with Crippen LogP contribution in [0.3, 0.4) is 0 Å². The molecule has 1 aromatic carbocycles. The van der Waals surface area contributed by atoms with E-state index in [0.717, 1.165) is 0 Å². The van der Waals surface area contributed by atoms with Gasteiger partial charge < -0.3 is 15.5 Å². The van der Waals surface area contributed by atoms with Gasteiger partial charge in [-0.2, -0.15) is 0 Å². The van der Waals surface area contributed by atoms with Crippen molar-refractivity contribution in [3.63, 3.8) is 0 Å². The van der Waals surface area contributed by atoms with Crippen molar-refractivity contribution in [3.05, 3.63) is 34.7 Å². The van der Waals surface area contributed by atoms with Gasteiger partial charge in [-0.05, 0) is 24.3 Å². The van der Waals surface area contributed by atoms with Crippen molar-refractivity contribution in [1.29, 1.82) is 5.53 Å². The molecule has 64 valence electrons. The second kappa shape index (κ2) is 3.54. The van der Waals surface area contributed by atoms with Crippen LogP contribution in [0.5, 0.6) is 5.75 Å². The van der Waals surface area contributed by atoms with E-state index in [1.807, 2.05) is 0 Å². The summed E-state index contributed by atoms with van der Waals surface area (Å²) in [5.74, 6) is 0.207. The second-order valence-corrected chi connectivity index (χ2v) is 1.97. The summed E-state index contributed by atoms with van der Waals surface area (Å²) in [5.41, 5.74) is 8.42. The molecule has 0 amide bonds. The van der Waals surface area contributed by atoms with Gasteiger partial charge >= 0.3 is 0 Å². The van der Waals surface area contributed by atoms with Gasteiger partial charge in [-0.25, -0.2) is 5.21 Å². The molecule has 12 heavy (non-hydrogen) atoms. The highest BCUT2D eigenvalue weighted by Crippen LogP contribution is 2.14. The maximum Gasteiger partial charge on any atom is 0.170 e. The van der Waals surface area contributed by atoms with E-state index in [4.69, 9.17) is 5.53 Å². The normalized spacial score (nSPS) is 9.08. The van der Waals surface area contributed by atoms with E-state index in [-0.39, 0.29) is 5.75 Å². The minimum absolute atomic E-state index is 0.207. The summed E-state index contributed by atoms with van der Waals surface area (Å²) in [6.07, 6.45) is 0. The van der Waals surface area contributed by atoms with Crippen LogP contribution in [-0.4, -0.2) is 5.02 Å². The van der Waals surface area contributed by atoms with Crippen LogP contribution in [-0.2, 0) is 0 Å². The molecule has 0 aromatic heterocycles. The topological polar surface area (TPSA) is 94.2 Å². The Bertz CT molecular complexity index is 272. The van der Waals surface area contributed by atoms with E-state index in [2.05, 4.69) is 4.84 Å². The van der Waals surface area contributed by atoms with Crippen LogP contribution in [0.15, 0.2) is 24.3 Å². The summed E-state index contributed by atoms with van der Waals surface area (Å²) in [6, 6.07) is 5.68. The maximum absolute atomic E-state index is 10.1. The quantitative estimate of drug-likeness (QED) is 0.527. The fourth-order valence-electron chi connectivity index (χ4n) is 0.680. The Kier molecular flexibility index (Phi) is 2.44. The van der Waals surface area contributed by atoms with Crippen molar-refractivity contribution in [2.24, 2.45) is 0 Å². The maximum atomic E-state index is 10.1. The predicted molar refractivity (Wildman–Crippen MR) is 40.4 cm³/mol. The fraction of sp³-hybridized carbons (Fsp3) is 0. The molecule has 0 unspecified atom stereocenters. The third-order valence-electron chi connectivity index (χ3n) is 1.16. The molecule has 1 aromatic rings. The van der Waals surface area contributed by atoms with Gasteiger partial charge in [-0.3, -0.25) is 0 Å². The molecule has 6 heteroatoms. The molecule has 0 saturated carbocycles. The van der Waals surface area contributed by atoms with Gasteiger partial charge in [0.2, 0.25) is 0 Å². The van der Waals surface area contributed by atoms with Crippen LogP contribution in [0.25, 0.3) is 0 Å². The molecule has 0 radical (unpaired) electrons. The lowest BCUT2D eigenvalue weighted by Gasteiger charge is -2.09. The summed E-state index contributed by atoms with van der Waals surface area (Å²) < 4.78 is 0. The number of nitrogens with one attached hydrogen (secondary N) is 2. The Labute approximate surface area is 68.0 Å². The summed E-state index contributed by atoms with van der Waals surface area (Å²) in [6.45, 7) is 0. The van der Waals surface area contributed by atoms with Crippen LogP contribution in [0, 0.1) is 15.9 Å². The zero-order chi connectivity index (χ0) is 8.97. The monoisotopic (exact) mass is 168 g/mol. The van der Waals surface area contributed by atoms with Gasteiger partial charge in [0.15, 0.2) is 5.02 Å². The minimum Gasteiger partial charge on any atom is -0.761 e. The van der Waals surface area contributed by atoms with Crippen LogP contribution >= 0.6 is 0 Å². The van der Waals surface area contributed by atoms with E-state index in [9.17, 15) is 10.4 Å². The molecule has 6 nitrogen and oxygen atoms in total. The number of rotatable bonds is 3. The van der Waals surface area contributed by atoms with Gasteiger partial charge in [0.1, 0.15) is 0 Å². The van der Waals surface area contributed by atoms with E-state index in [0.29, 0.717) is 5.69 Å². The lowest BCUT2D eigenvalue weighted by atomic mass is 10.3. The standard InChI is InChI=1S/C6H6N3O3/c7-9(11)12-6-3-1-5(8-10)2-4-6/h1-4,7-8H/q-1. The number of nitrogens with zero attached hydrogens (tertiary/aromatic N) is 1. The first-order valence-corrected chi connectivity index (χ1v) is 3.07. The van der Waals surface area contributed by atoms with Gasteiger partial charge in [-0.1, -0.05) is 0 Å². The molecule has 0 aliphatic rings. The number of hydrogen-bond donors (Lipinski definition) is 2. The highest BCUT2D eigenvalue weighted by Gasteiger charge is 1.92. The van der Waals surface area contributed by atoms with E-state index in [1.54, 1.807) is 5.48 Å². The highest BCUT2D eigenvalue weighted by atomic mass is 16.9. The molecule has 0 spiro atoms. The number of anilines is 1. The second-order valence-electron chi connectivity index (χ2n) is 1.97. The van der Waals surface area contributed by atoms with Gasteiger partial charge in [0, 0.05) is 11.2 Å². The third-order valence-corrected chi connectivity index (χ3v) is 1.16. The minimum atomic E-state index is -0.417. The van der Waals surface area contributed by atoms with Gasteiger partial charge in [0.05, 0.1) is 5.75 Å². The molecule has 0 saturated heterocycles. The zero-order valence-corrected chi connectivity index (χ0v) is 5.98. The van der Waals surface area contributed by atoms with Gasteiger partial charge in [-0.15, -0.1) is 0 Å². The molecule has 0 heterocycles. The molecular formula is C6H6N3O3-. The Morgan fingerprint density at radius 3 is 2.33 bits per heavy atom. The molecule has 2 N–H and O–H groups in total. The zero-order valence-electron chi connectivity index (χ0n) is 5.98. The van der Waals surface area contributed by atoms with Crippen LogP contribution in [0.1, 0.15) is 0 Å². The van der Waals surface area contributed by atoms with Crippen molar-refractivity contribution >= 4 is 5.69 Å². The average molecular weight is 168 g/mol. The molecule has 0 aliphatic heterocycles. The van der Waals surface area contributed by atoms with Crippen molar-refractivity contribution in [1.82, 2.24) is 0 Å². The van der Waals surface area contributed by atoms with E-state index < -0.39 is 5.02 Å². The smallest absolute Gasteiger partial charge is 0.170 e. The first-order valence-electron chi connectivity index (χ1n) is 3.07. The lowest BCUT2D eigenvalue weighted by molar-refractivity contribution is -0.763. The molecular weight excluding hydrogens is 162 g/mol. The Balaban J connectivity index is 2.71. The summed E-state index contributed by atoms with van der Waals surface area (Å²) in [4.78, 5) is 4.33. The number of benzene rings is 1. The first-order chi connectivity index (χ1) is 5.72. The average Bonchev–Trinajstić information content (AvgIpc) is 2.05. The Morgan fingerprint density at radius 2 is 1.92 bits per heavy atom. The van der Waals surface area contributed by atoms with Crippen LogP contribution < -0.4 is 10.3 Å². The molecule has 0 bridgehead atoms. The Morgan fingerprint density at radius 1 is 1.33 bits per heavy atom. The molecule has 1 rings (SSSR count). The first kappa shape index (κ1) is 8.28. The highest BCUT2D eigenvalue weighted by molar-refractivity contribution is 5.46. The fourth-order valence-corrected chi connectivity index (χ4v) is 0.680. The summed E-state index contributed by atoms with van der Waals surface area (Å²) >= 11 is 0. The molecule has 0 atom stereocenters. The van der Waals surface area contributed by atoms with Crippen molar-refractivity contribution in [2.75, 3.05) is 5.48 Å². The summed E-state index contributed by atoms with van der Waals surface area (Å²) in [5, 5.41) is 19.7. The van der Waals surface area contributed by atoms with Crippen molar-refractivity contribution < 1.29 is 9.86 Å². The van der Waals surface area contributed by atoms with Crippen molar-refractivity contribution in [3.8, 4) is 5.75 Å². The Hall–Kier alpha value is -1.82. The lowest BCUT2D eigenvalue weighted by Crippen LogP contribution is -2.02. The largest absolute Gasteiger partial charge is 0.761 e. The van der Waals surface area contributed by atoms with E-state index >= 15 is 0 Å². The SMILES string of the molecule is N=[N+]([O-])Oc1ccc(N[O-])cc1. The van der Waals surface area contributed by atoms with Crippen LogP contribution in [0.4, 0.5) is 5.69 Å². The van der Waals surface area contributed by atoms with Crippen molar-refractivity contribution in [2.45, 2.75) is 0 Å². The third kappa shape index (κ3) is 2.10. The molecule has 0 fully saturated rings. The summed E-state index contributed by atoms with van der Waals surface area (Å²) in [7, 11) is 0. The number of hydrogen-bond acceptors (Lipinski definition) is 5. The predicted octanol–water partition coefficient (Wildman–Crippen LogP) is 1.43.